The monoisotopic (exact) mass is 503 g/mol. The van der Waals surface area contributed by atoms with Gasteiger partial charge in [0.2, 0.25) is 0 Å². The van der Waals surface area contributed by atoms with Gasteiger partial charge in [-0.3, -0.25) is 14.9 Å². The van der Waals surface area contributed by atoms with E-state index in [9.17, 15) is 19.5 Å². The van der Waals surface area contributed by atoms with E-state index in [-0.39, 0.29) is 5.57 Å². The van der Waals surface area contributed by atoms with Gasteiger partial charge in [0, 0.05) is 6.07 Å². The van der Waals surface area contributed by atoms with E-state index in [1.807, 2.05) is 0 Å². The zero-order valence-corrected chi connectivity index (χ0v) is 20.1. The van der Waals surface area contributed by atoms with Gasteiger partial charge in [-0.05, 0) is 77.0 Å². The zero-order valence-electron chi connectivity index (χ0n) is 19.3. The molecular weight excluding hydrogens is 482 g/mol. The molecule has 0 saturated carbocycles. The van der Waals surface area contributed by atoms with E-state index in [1.54, 1.807) is 78.9 Å². The van der Waals surface area contributed by atoms with E-state index >= 15 is 0 Å². The summed E-state index contributed by atoms with van der Waals surface area (Å²) < 4.78 is 16.4. The van der Waals surface area contributed by atoms with Crippen LogP contribution in [-0.4, -0.2) is 36.4 Å². The maximum Gasteiger partial charge on any atom is 0.336 e. The minimum Gasteiger partial charge on any atom is -0.497 e. The second-order valence-corrected chi connectivity index (χ2v) is 8.57. The Morgan fingerprint density at radius 1 is 0.833 bits per heavy atom. The summed E-state index contributed by atoms with van der Waals surface area (Å²) in [6, 6.07) is 18.8. The summed E-state index contributed by atoms with van der Waals surface area (Å²) in [6.45, 7) is 0. The second-order valence-electron chi connectivity index (χ2n) is 7.56. The Morgan fingerprint density at radius 2 is 1.42 bits per heavy atom. The largest absolute Gasteiger partial charge is 0.497 e. The third-order valence-corrected chi connectivity index (χ3v) is 5.95. The predicted molar refractivity (Wildman–Crippen MR) is 137 cm³/mol. The highest BCUT2D eigenvalue weighted by Crippen LogP contribution is 2.29. The van der Waals surface area contributed by atoms with Crippen LogP contribution < -0.4 is 19.5 Å². The molecule has 9 heteroatoms. The third-order valence-electron chi connectivity index (χ3n) is 5.14. The maximum atomic E-state index is 12.0. The molecule has 2 N–H and O–H groups in total. The number of hydrogen-bond donors (Lipinski definition) is 2. The molecule has 36 heavy (non-hydrogen) atoms. The Kier molecular flexibility index (Phi) is 7.41. The number of benzene rings is 3. The molecule has 0 atom stereocenters. The molecule has 8 nitrogen and oxygen atoms in total. The molecule has 1 fully saturated rings. The first kappa shape index (κ1) is 24.6. The maximum absolute atomic E-state index is 12.0. The molecule has 1 aliphatic heterocycles. The van der Waals surface area contributed by atoms with Gasteiger partial charge in [-0.1, -0.05) is 24.3 Å². The van der Waals surface area contributed by atoms with E-state index in [2.05, 4.69) is 5.32 Å². The fourth-order valence-corrected chi connectivity index (χ4v) is 4.07. The van der Waals surface area contributed by atoms with Crippen molar-refractivity contribution < 1.29 is 33.7 Å². The van der Waals surface area contributed by atoms with Gasteiger partial charge in [-0.15, -0.1) is 0 Å². The van der Waals surface area contributed by atoms with Crippen LogP contribution in [0.2, 0.25) is 0 Å². The summed E-state index contributed by atoms with van der Waals surface area (Å²) >= 11 is 0.856. The lowest BCUT2D eigenvalue weighted by Gasteiger charge is -2.09. The van der Waals surface area contributed by atoms with Crippen LogP contribution in [0.4, 0.5) is 4.79 Å². The van der Waals surface area contributed by atoms with Crippen molar-refractivity contribution in [3.8, 4) is 23.0 Å². The van der Waals surface area contributed by atoms with Crippen LogP contribution in [0.1, 0.15) is 16.7 Å². The summed E-state index contributed by atoms with van der Waals surface area (Å²) in [5.41, 5.74) is 1.97. The lowest BCUT2D eigenvalue weighted by molar-refractivity contribution is -0.130. The van der Waals surface area contributed by atoms with Crippen LogP contribution in [-0.2, 0) is 9.59 Å². The molecule has 1 heterocycles. The summed E-state index contributed by atoms with van der Waals surface area (Å²) in [5, 5.41) is 11.6. The summed E-state index contributed by atoms with van der Waals surface area (Å²) in [4.78, 5) is 35.3. The second kappa shape index (κ2) is 10.8. The molecule has 4 rings (SSSR count). The number of nitrogens with one attached hydrogen (secondary N) is 1. The van der Waals surface area contributed by atoms with Gasteiger partial charge in [-0.25, -0.2) is 4.79 Å². The van der Waals surface area contributed by atoms with Crippen molar-refractivity contribution in [3.63, 3.8) is 0 Å². The van der Waals surface area contributed by atoms with Crippen LogP contribution in [0.5, 0.6) is 23.0 Å². The van der Waals surface area contributed by atoms with E-state index in [0.717, 1.165) is 17.3 Å². The molecule has 0 spiro atoms. The standard InChI is InChI=1S/C27H21NO7S/c1-33-21-11-17(12-22(15-21)34-2)13-23(26(30)31)18-5-9-20(10-6-18)35-19-7-3-16(4-8-19)14-24-25(29)28-27(32)36-24/h3-15H,1-2H3,(H,30,31)(H,28,29,32)/b23-13+,24-14-. The minimum atomic E-state index is -1.08. The van der Waals surface area contributed by atoms with Crippen molar-refractivity contribution in [2.24, 2.45) is 0 Å². The Bertz CT molecular complexity index is 1350. The number of ether oxygens (including phenoxy) is 3. The number of carboxylic acids is 1. The summed E-state index contributed by atoms with van der Waals surface area (Å²) in [5.74, 6) is 0.692. The first-order valence-corrected chi connectivity index (χ1v) is 11.5. The molecule has 0 bridgehead atoms. The molecule has 0 unspecified atom stereocenters. The molecule has 182 valence electrons. The third kappa shape index (κ3) is 5.94. The quantitative estimate of drug-likeness (QED) is 0.309. The number of rotatable bonds is 8. The highest BCUT2D eigenvalue weighted by atomic mass is 32.2. The highest BCUT2D eigenvalue weighted by Gasteiger charge is 2.24. The Balaban J connectivity index is 1.50. The molecule has 0 aromatic heterocycles. The first-order chi connectivity index (χ1) is 17.3. The van der Waals surface area contributed by atoms with E-state index in [1.165, 1.54) is 14.2 Å². The molecule has 2 amide bonds. The van der Waals surface area contributed by atoms with Crippen LogP contribution >= 0.6 is 11.8 Å². The fourth-order valence-electron chi connectivity index (χ4n) is 3.39. The molecule has 1 aliphatic rings. The van der Waals surface area contributed by atoms with Gasteiger partial charge in [0.25, 0.3) is 11.1 Å². The normalized spacial score (nSPS) is 14.5. The molecule has 0 radical (unpaired) electrons. The van der Waals surface area contributed by atoms with Gasteiger partial charge in [0.1, 0.15) is 23.0 Å². The molecular formula is C27H21NO7S. The topological polar surface area (TPSA) is 111 Å². The predicted octanol–water partition coefficient (Wildman–Crippen LogP) is 5.45. The molecule has 0 aliphatic carbocycles. The van der Waals surface area contributed by atoms with Crippen molar-refractivity contribution in [3.05, 3.63) is 88.3 Å². The summed E-state index contributed by atoms with van der Waals surface area (Å²) in [7, 11) is 3.05. The lowest BCUT2D eigenvalue weighted by atomic mass is 10.0. The fraction of sp³-hybridized carbons (Fsp3) is 0.0741. The van der Waals surface area contributed by atoms with Crippen molar-refractivity contribution >= 4 is 46.6 Å². The van der Waals surface area contributed by atoms with Crippen molar-refractivity contribution in [2.75, 3.05) is 14.2 Å². The number of amides is 2. The number of carbonyl (C=O) groups excluding carboxylic acids is 2. The SMILES string of the molecule is COc1cc(/C=C(/C(=O)O)c2ccc(Oc3ccc(/C=C4\SC(=O)NC4=O)cc3)cc2)cc(OC)c1. The smallest absolute Gasteiger partial charge is 0.336 e. The summed E-state index contributed by atoms with van der Waals surface area (Å²) in [6.07, 6.45) is 3.17. The van der Waals surface area contributed by atoms with Gasteiger partial charge in [0.15, 0.2) is 0 Å². The highest BCUT2D eigenvalue weighted by molar-refractivity contribution is 8.18. The first-order valence-electron chi connectivity index (χ1n) is 10.7. The van der Waals surface area contributed by atoms with Crippen LogP contribution in [0.3, 0.4) is 0 Å². The van der Waals surface area contributed by atoms with Gasteiger partial charge in [0.05, 0.1) is 24.7 Å². The number of carbonyl (C=O) groups is 3. The number of imide groups is 1. The van der Waals surface area contributed by atoms with Crippen LogP contribution in [0, 0.1) is 0 Å². The Morgan fingerprint density at radius 3 is 1.92 bits per heavy atom. The average Bonchev–Trinajstić information content (AvgIpc) is 3.20. The van der Waals surface area contributed by atoms with Crippen molar-refractivity contribution in [1.29, 1.82) is 0 Å². The lowest BCUT2D eigenvalue weighted by Crippen LogP contribution is -2.17. The van der Waals surface area contributed by atoms with E-state index in [0.29, 0.717) is 39.0 Å². The number of hydrogen-bond acceptors (Lipinski definition) is 7. The van der Waals surface area contributed by atoms with E-state index in [4.69, 9.17) is 14.2 Å². The minimum absolute atomic E-state index is 0.0987. The van der Waals surface area contributed by atoms with Gasteiger partial charge in [-0.2, -0.15) is 0 Å². The number of aliphatic carboxylic acids is 1. The zero-order chi connectivity index (χ0) is 25.7. The van der Waals surface area contributed by atoms with Crippen molar-refractivity contribution in [1.82, 2.24) is 5.32 Å². The molecule has 3 aromatic carbocycles. The van der Waals surface area contributed by atoms with Crippen molar-refractivity contribution in [2.45, 2.75) is 0 Å². The average molecular weight is 504 g/mol. The van der Waals surface area contributed by atoms with Crippen LogP contribution in [0.25, 0.3) is 17.7 Å². The Labute approximate surface area is 211 Å². The molecule has 3 aromatic rings. The van der Waals surface area contributed by atoms with Crippen LogP contribution in [0.15, 0.2) is 71.6 Å². The number of carboxylic acid groups (broad SMARTS) is 1. The number of methoxy groups -OCH3 is 2. The Hall–Kier alpha value is -4.50. The van der Waals surface area contributed by atoms with E-state index < -0.39 is 17.1 Å². The van der Waals surface area contributed by atoms with Gasteiger partial charge < -0.3 is 19.3 Å². The number of thioether (sulfide) groups is 1. The van der Waals surface area contributed by atoms with Gasteiger partial charge >= 0.3 is 5.97 Å². The molecule has 1 saturated heterocycles.